The smallest absolute Gasteiger partial charge is 0.260 e. The number of hydrogen-bond donors (Lipinski definition) is 2. The van der Waals surface area contributed by atoms with Crippen LogP contribution in [0.4, 0.5) is 20.4 Å². The van der Waals surface area contributed by atoms with E-state index in [1.54, 1.807) is 13.1 Å². The van der Waals surface area contributed by atoms with E-state index >= 15 is 0 Å². The Morgan fingerprint density at radius 1 is 1.08 bits per heavy atom. The second-order valence-corrected chi connectivity index (χ2v) is 11.2. The highest BCUT2D eigenvalue weighted by Crippen LogP contribution is 2.61. The maximum Gasteiger partial charge on any atom is 0.260 e. The average molecular weight is 504 g/mol. The molecule has 7 rings (SSSR count). The molecule has 0 radical (unpaired) electrons. The van der Waals surface area contributed by atoms with Crippen LogP contribution in [0, 0.1) is 0 Å². The highest BCUT2D eigenvalue weighted by molar-refractivity contribution is 5.95. The van der Waals surface area contributed by atoms with Crippen LogP contribution in [0.3, 0.4) is 0 Å². The lowest BCUT2D eigenvalue weighted by Gasteiger charge is -2.33. The molecule has 1 unspecified atom stereocenters. The van der Waals surface area contributed by atoms with Crippen LogP contribution in [0.15, 0.2) is 29.5 Å². The van der Waals surface area contributed by atoms with E-state index in [0.717, 1.165) is 53.8 Å². The molecule has 2 saturated carbocycles. The van der Waals surface area contributed by atoms with Crippen LogP contribution in [0.2, 0.25) is 0 Å². The first-order chi connectivity index (χ1) is 17.9. The molecule has 9 heteroatoms. The number of nitrogens with zero attached hydrogens (tertiary/aromatic N) is 5. The molecule has 0 spiro atoms. The number of allylic oxidation sites excluding steroid dienone is 1. The van der Waals surface area contributed by atoms with Crippen LogP contribution in [0.25, 0.3) is 16.5 Å². The van der Waals surface area contributed by atoms with Gasteiger partial charge in [0.2, 0.25) is 0 Å². The van der Waals surface area contributed by atoms with E-state index in [0.29, 0.717) is 35.7 Å². The van der Waals surface area contributed by atoms with Gasteiger partial charge in [-0.25, -0.2) is 23.7 Å². The highest BCUT2D eigenvalue weighted by Gasteiger charge is 2.69. The second kappa shape index (κ2) is 8.15. The van der Waals surface area contributed by atoms with Crippen molar-refractivity contribution in [3.05, 3.63) is 47.2 Å². The van der Waals surface area contributed by atoms with Gasteiger partial charge < -0.3 is 15.2 Å². The fourth-order valence-corrected chi connectivity index (χ4v) is 5.91. The summed E-state index contributed by atoms with van der Waals surface area (Å²) in [6, 6.07) is 2.21. The van der Waals surface area contributed by atoms with E-state index in [1.807, 2.05) is 24.5 Å². The molecular weight excluding hydrogens is 472 g/mol. The fourth-order valence-electron chi connectivity index (χ4n) is 5.91. The lowest BCUT2D eigenvalue weighted by Crippen LogP contribution is -2.41. The van der Waals surface area contributed by atoms with E-state index in [1.165, 1.54) is 18.4 Å². The van der Waals surface area contributed by atoms with E-state index < -0.39 is 11.3 Å². The fraction of sp³-hybridized carbons (Fsp3) is 0.500. The first-order valence-corrected chi connectivity index (χ1v) is 13.3. The zero-order valence-corrected chi connectivity index (χ0v) is 21.2. The Kier molecular flexibility index (Phi) is 5.06. The molecule has 7 nitrogen and oxygen atoms in total. The summed E-state index contributed by atoms with van der Waals surface area (Å²) in [6.45, 7) is 3.58. The quantitative estimate of drug-likeness (QED) is 0.497. The van der Waals surface area contributed by atoms with Crippen molar-refractivity contribution in [1.29, 1.82) is 0 Å². The van der Waals surface area contributed by atoms with Gasteiger partial charge in [0, 0.05) is 60.6 Å². The van der Waals surface area contributed by atoms with Gasteiger partial charge in [-0.2, -0.15) is 0 Å². The standard InChI is InChI=1S/C28H31F2N7/c1-27(15-28(27,29)30)22-12-19-18(4-3-9-33-24(19)35-22)25-34-21-14-32-13-20(16-5-6-16)23(21)26(36-25)37(2)17-7-10-31-11-8-17/h4,9,12-14,16-17,31,35H,3,5-8,10-11,15H2,1-2H3. The summed E-state index contributed by atoms with van der Waals surface area (Å²) in [5, 5.41) is 4.55. The molecule has 5 heterocycles. The third-order valence-corrected chi connectivity index (χ3v) is 8.65. The van der Waals surface area contributed by atoms with Crippen LogP contribution < -0.4 is 10.2 Å². The molecule has 192 valence electrons. The van der Waals surface area contributed by atoms with Gasteiger partial charge in [0.1, 0.15) is 11.6 Å². The number of fused-ring (bicyclic) bond motifs is 2. The number of piperidine rings is 1. The molecule has 2 aliphatic carbocycles. The number of H-pyrrole nitrogens is 1. The Morgan fingerprint density at radius 3 is 2.59 bits per heavy atom. The van der Waals surface area contributed by atoms with Gasteiger partial charge in [-0.15, -0.1) is 0 Å². The van der Waals surface area contributed by atoms with E-state index in [9.17, 15) is 8.78 Å². The number of nitrogens with one attached hydrogen (secondary N) is 2. The molecule has 0 amide bonds. The van der Waals surface area contributed by atoms with Crippen molar-refractivity contribution in [2.75, 3.05) is 25.0 Å². The SMILES string of the molecule is CN(c1nc(C2=CCC=Nc3[nH]c(C4(C)CC4(F)F)cc32)nc2cncc(C3CC3)c12)C1CCNCC1. The Bertz CT molecular complexity index is 1450. The van der Waals surface area contributed by atoms with Gasteiger partial charge >= 0.3 is 0 Å². The zero-order valence-electron chi connectivity index (χ0n) is 21.2. The third-order valence-electron chi connectivity index (χ3n) is 8.65. The molecular formula is C28H31F2N7. The normalized spacial score (nSPS) is 25.0. The van der Waals surface area contributed by atoms with Gasteiger partial charge in [0.05, 0.1) is 17.1 Å². The van der Waals surface area contributed by atoms with Gasteiger partial charge in [-0.1, -0.05) is 6.08 Å². The predicted molar refractivity (Wildman–Crippen MR) is 141 cm³/mol. The summed E-state index contributed by atoms with van der Waals surface area (Å²) in [7, 11) is 2.14. The maximum atomic E-state index is 14.2. The second-order valence-electron chi connectivity index (χ2n) is 11.2. The van der Waals surface area contributed by atoms with Crippen molar-refractivity contribution in [3.8, 4) is 0 Å². The van der Waals surface area contributed by atoms with Gasteiger partial charge in [0.25, 0.3) is 5.92 Å². The number of aromatic amines is 1. The molecule has 0 aromatic carbocycles. The van der Waals surface area contributed by atoms with Crippen molar-refractivity contribution < 1.29 is 8.78 Å². The largest absolute Gasteiger partial charge is 0.356 e. The van der Waals surface area contributed by atoms with Gasteiger partial charge in [-0.3, -0.25) is 4.98 Å². The zero-order chi connectivity index (χ0) is 25.4. The molecule has 2 N–H and O–H groups in total. The number of pyridine rings is 1. The number of hydrogen-bond acceptors (Lipinski definition) is 6. The van der Waals surface area contributed by atoms with Crippen molar-refractivity contribution in [2.24, 2.45) is 4.99 Å². The number of rotatable bonds is 5. The summed E-state index contributed by atoms with van der Waals surface area (Å²) in [5.41, 5.74) is 2.97. The van der Waals surface area contributed by atoms with Crippen LogP contribution >= 0.6 is 0 Å². The molecule has 3 aromatic heterocycles. The number of anilines is 1. The molecule has 2 aliphatic heterocycles. The summed E-state index contributed by atoms with van der Waals surface area (Å²) in [6.07, 6.45) is 12.6. The topological polar surface area (TPSA) is 82.1 Å². The first-order valence-electron chi connectivity index (χ1n) is 13.3. The van der Waals surface area contributed by atoms with Crippen LogP contribution in [0.1, 0.15) is 74.0 Å². The van der Waals surface area contributed by atoms with E-state index in [-0.39, 0.29) is 6.42 Å². The number of aromatic nitrogens is 4. The van der Waals surface area contributed by atoms with Crippen molar-refractivity contribution >= 4 is 34.3 Å². The monoisotopic (exact) mass is 503 g/mol. The molecule has 3 fully saturated rings. The Labute approximate surface area is 214 Å². The summed E-state index contributed by atoms with van der Waals surface area (Å²) >= 11 is 0. The lowest BCUT2D eigenvalue weighted by molar-refractivity contribution is 0.0912. The number of aliphatic imine (C=N–C) groups is 1. The van der Waals surface area contributed by atoms with E-state index in [4.69, 9.17) is 9.97 Å². The molecule has 1 atom stereocenters. The maximum absolute atomic E-state index is 14.2. The van der Waals surface area contributed by atoms with E-state index in [2.05, 4.69) is 32.2 Å². The molecule has 4 aliphatic rings. The van der Waals surface area contributed by atoms with Gasteiger partial charge in [-0.05, 0) is 63.2 Å². The van der Waals surface area contributed by atoms with Crippen molar-refractivity contribution in [2.45, 2.75) is 68.7 Å². The number of halogens is 2. The lowest BCUT2D eigenvalue weighted by atomic mass is 10.0. The summed E-state index contributed by atoms with van der Waals surface area (Å²) in [4.78, 5) is 24.8. The van der Waals surface area contributed by atoms with Gasteiger partial charge in [0.15, 0.2) is 5.82 Å². The molecule has 3 aromatic rings. The predicted octanol–water partition coefficient (Wildman–Crippen LogP) is 5.25. The van der Waals surface area contributed by atoms with Crippen molar-refractivity contribution in [1.82, 2.24) is 25.3 Å². The first kappa shape index (κ1) is 23.0. The third kappa shape index (κ3) is 3.69. The minimum atomic E-state index is -2.71. The number of alkyl halides is 2. The summed E-state index contributed by atoms with van der Waals surface area (Å²) in [5.74, 6) is -0.0944. The molecule has 1 saturated heterocycles. The molecule has 37 heavy (non-hydrogen) atoms. The Morgan fingerprint density at radius 2 is 1.86 bits per heavy atom. The van der Waals surface area contributed by atoms with Crippen molar-refractivity contribution in [3.63, 3.8) is 0 Å². The Balaban J connectivity index is 1.38. The average Bonchev–Trinajstić information content (AvgIpc) is 3.80. The molecule has 0 bridgehead atoms. The Hall–Kier alpha value is -3.20. The van der Waals surface area contributed by atoms with Crippen LogP contribution in [-0.2, 0) is 5.41 Å². The minimum Gasteiger partial charge on any atom is -0.356 e. The highest BCUT2D eigenvalue weighted by atomic mass is 19.3. The van der Waals surface area contributed by atoms with Crippen LogP contribution in [0.5, 0.6) is 0 Å². The van der Waals surface area contributed by atoms with Crippen LogP contribution in [-0.4, -0.2) is 58.3 Å². The minimum absolute atomic E-state index is 0.157. The summed E-state index contributed by atoms with van der Waals surface area (Å²) < 4.78 is 28.4.